The molecular weight excluding hydrogens is 300 g/mol. The number of rotatable bonds is 5. The lowest BCUT2D eigenvalue weighted by molar-refractivity contribution is -0.150. The van der Waals surface area contributed by atoms with Crippen molar-refractivity contribution in [1.82, 2.24) is 10.6 Å². The van der Waals surface area contributed by atoms with Crippen LogP contribution in [0.15, 0.2) is 30.3 Å². The van der Waals surface area contributed by atoms with Crippen LogP contribution >= 0.6 is 0 Å². The summed E-state index contributed by atoms with van der Waals surface area (Å²) >= 11 is 0. The minimum Gasteiger partial charge on any atom is -0.461 e. The topological polar surface area (TPSA) is 50.4 Å². The van der Waals surface area contributed by atoms with E-state index in [0.717, 1.165) is 12.2 Å². The van der Waals surface area contributed by atoms with Crippen molar-refractivity contribution in [2.45, 2.75) is 64.1 Å². The number of carbonyl (C=O) groups excluding carboxylic acids is 1. The van der Waals surface area contributed by atoms with Crippen LogP contribution in [-0.4, -0.2) is 24.7 Å². The van der Waals surface area contributed by atoms with Crippen LogP contribution in [0.25, 0.3) is 0 Å². The fourth-order valence-corrected chi connectivity index (χ4v) is 4.17. The molecule has 1 saturated carbocycles. The second-order valence-corrected chi connectivity index (χ2v) is 7.27. The van der Waals surface area contributed by atoms with Gasteiger partial charge in [0.05, 0.1) is 5.92 Å². The molecule has 2 aliphatic rings. The van der Waals surface area contributed by atoms with E-state index in [1.165, 1.54) is 38.5 Å². The molecule has 1 aromatic carbocycles. The summed E-state index contributed by atoms with van der Waals surface area (Å²) in [6.07, 6.45) is 7.92. The van der Waals surface area contributed by atoms with E-state index in [-0.39, 0.29) is 17.9 Å². The Morgan fingerprint density at radius 1 is 1.12 bits per heavy atom. The SMILES string of the molecule is CC(C(=O)OCc1ccccc1)C1NCNC1C1CCCCCC1. The summed E-state index contributed by atoms with van der Waals surface area (Å²) in [5.41, 5.74) is 1.04. The third-order valence-electron chi connectivity index (χ3n) is 5.60. The van der Waals surface area contributed by atoms with Crippen LogP contribution in [0.2, 0.25) is 0 Å². The average molecular weight is 330 g/mol. The smallest absolute Gasteiger partial charge is 0.310 e. The molecule has 3 rings (SSSR count). The maximum Gasteiger partial charge on any atom is 0.310 e. The zero-order valence-corrected chi connectivity index (χ0v) is 14.7. The van der Waals surface area contributed by atoms with E-state index >= 15 is 0 Å². The van der Waals surface area contributed by atoms with E-state index in [1.54, 1.807) is 0 Å². The summed E-state index contributed by atoms with van der Waals surface area (Å²) in [7, 11) is 0. The molecule has 0 amide bonds. The molecule has 0 aromatic heterocycles. The van der Waals surface area contributed by atoms with Crippen LogP contribution in [0.4, 0.5) is 0 Å². The molecule has 0 radical (unpaired) electrons. The molecular formula is C20H30N2O2. The number of ether oxygens (including phenoxy) is 1. The van der Waals surface area contributed by atoms with Crippen LogP contribution in [0.3, 0.4) is 0 Å². The predicted molar refractivity (Wildman–Crippen MR) is 95.3 cm³/mol. The van der Waals surface area contributed by atoms with Gasteiger partial charge in [0.1, 0.15) is 6.61 Å². The third-order valence-corrected chi connectivity index (χ3v) is 5.60. The Labute approximate surface area is 145 Å². The molecule has 2 fully saturated rings. The number of nitrogens with one attached hydrogen (secondary N) is 2. The van der Waals surface area contributed by atoms with Gasteiger partial charge < -0.3 is 4.74 Å². The van der Waals surface area contributed by atoms with E-state index in [2.05, 4.69) is 10.6 Å². The van der Waals surface area contributed by atoms with E-state index in [9.17, 15) is 4.79 Å². The summed E-state index contributed by atoms with van der Waals surface area (Å²) in [6.45, 7) is 3.15. The van der Waals surface area contributed by atoms with E-state index in [1.807, 2.05) is 37.3 Å². The first-order chi connectivity index (χ1) is 11.8. The second kappa shape index (κ2) is 8.63. The van der Waals surface area contributed by atoms with Crippen LogP contribution in [-0.2, 0) is 16.1 Å². The van der Waals surface area contributed by atoms with Gasteiger partial charge in [-0.05, 0) is 24.3 Å². The molecule has 3 unspecified atom stereocenters. The highest BCUT2D eigenvalue weighted by Gasteiger charge is 2.39. The summed E-state index contributed by atoms with van der Waals surface area (Å²) < 4.78 is 5.56. The van der Waals surface area contributed by atoms with E-state index < -0.39 is 0 Å². The van der Waals surface area contributed by atoms with Crippen LogP contribution in [0.1, 0.15) is 51.0 Å². The number of hydrogen-bond donors (Lipinski definition) is 2. The largest absolute Gasteiger partial charge is 0.461 e. The van der Waals surface area contributed by atoms with Gasteiger partial charge in [0.15, 0.2) is 0 Å². The molecule has 3 atom stereocenters. The zero-order chi connectivity index (χ0) is 16.8. The zero-order valence-electron chi connectivity index (χ0n) is 14.7. The Hall–Kier alpha value is -1.39. The molecule has 1 aromatic rings. The normalized spacial score (nSPS) is 26.7. The van der Waals surface area contributed by atoms with Crippen molar-refractivity contribution in [1.29, 1.82) is 0 Å². The first-order valence-electron chi connectivity index (χ1n) is 9.43. The highest BCUT2D eigenvalue weighted by atomic mass is 16.5. The number of hydrogen-bond acceptors (Lipinski definition) is 4. The summed E-state index contributed by atoms with van der Waals surface area (Å²) in [5.74, 6) is 0.451. The van der Waals surface area contributed by atoms with Gasteiger partial charge in [-0.15, -0.1) is 0 Å². The van der Waals surface area contributed by atoms with Crippen LogP contribution in [0.5, 0.6) is 0 Å². The molecule has 132 valence electrons. The molecule has 1 saturated heterocycles. The Bertz CT molecular complexity index is 512. The quantitative estimate of drug-likeness (QED) is 0.643. The number of carbonyl (C=O) groups is 1. The lowest BCUT2D eigenvalue weighted by atomic mass is 9.83. The van der Waals surface area contributed by atoms with Crippen molar-refractivity contribution in [3.05, 3.63) is 35.9 Å². The first kappa shape index (κ1) is 17.4. The standard InChI is InChI=1S/C20H30N2O2/c1-15(20(23)24-13-16-9-5-4-6-10-16)18-19(22-14-21-18)17-11-7-2-3-8-12-17/h4-6,9-10,15,17-19,21-22H,2-3,7-8,11-14H2,1H3. The Kier molecular flexibility index (Phi) is 6.27. The van der Waals surface area contributed by atoms with Gasteiger partial charge >= 0.3 is 5.97 Å². The third kappa shape index (κ3) is 4.37. The molecule has 4 heteroatoms. The highest BCUT2D eigenvalue weighted by Crippen LogP contribution is 2.30. The van der Waals surface area contributed by atoms with Gasteiger partial charge in [-0.3, -0.25) is 15.4 Å². The molecule has 1 aliphatic heterocycles. The minimum atomic E-state index is -0.128. The number of benzene rings is 1. The monoisotopic (exact) mass is 330 g/mol. The molecule has 1 aliphatic carbocycles. The van der Waals surface area contributed by atoms with Crippen LogP contribution in [0, 0.1) is 11.8 Å². The fraction of sp³-hybridized carbons (Fsp3) is 0.650. The molecule has 4 nitrogen and oxygen atoms in total. The van der Waals surface area contributed by atoms with E-state index in [0.29, 0.717) is 18.6 Å². The van der Waals surface area contributed by atoms with Crippen molar-refractivity contribution in [2.75, 3.05) is 6.67 Å². The fourth-order valence-electron chi connectivity index (χ4n) is 4.17. The van der Waals surface area contributed by atoms with Crippen LogP contribution < -0.4 is 10.6 Å². The van der Waals surface area contributed by atoms with Gasteiger partial charge in [0.2, 0.25) is 0 Å². The Morgan fingerprint density at radius 2 is 1.83 bits per heavy atom. The molecule has 1 heterocycles. The van der Waals surface area contributed by atoms with E-state index in [4.69, 9.17) is 4.74 Å². The van der Waals surface area contributed by atoms with Crippen molar-refractivity contribution < 1.29 is 9.53 Å². The van der Waals surface area contributed by atoms with Crippen molar-refractivity contribution in [2.24, 2.45) is 11.8 Å². The average Bonchev–Trinajstić information content (AvgIpc) is 2.95. The summed E-state index contributed by atoms with van der Waals surface area (Å²) in [4.78, 5) is 12.5. The Balaban J connectivity index is 1.56. The van der Waals surface area contributed by atoms with Crippen molar-refractivity contribution in [3.63, 3.8) is 0 Å². The summed E-state index contributed by atoms with van der Waals surface area (Å²) in [6, 6.07) is 10.5. The maximum absolute atomic E-state index is 12.5. The van der Waals surface area contributed by atoms with Gasteiger partial charge in [-0.25, -0.2) is 0 Å². The van der Waals surface area contributed by atoms with Crippen molar-refractivity contribution in [3.8, 4) is 0 Å². The predicted octanol–water partition coefficient (Wildman–Crippen LogP) is 3.22. The summed E-state index contributed by atoms with van der Waals surface area (Å²) in [5, 5.41) is 7.09. The minimum absolute atomic E-state index is 0.0984. The Morgan fingerprint density at radius 3 is 2.54 bits per heavy atom. The van der Waals surface area contributed by atoms with Gasteiger partial charge in [0, 0.05) is 18.8 Å². The lowest BCUT2D eigenvalue weighted by Gasteiger charge is -2.30. The number of esters is 1. The molecule has 24 heavy (non-hydrogen) atoms. The van der Waals surface area contributed by atoms with Gasteiger partial charge in [-0.1, -0.05) is 62.9 Å². The highest BCUT2D eigenvalue weighted by molar-refractivity contribution is 5.73. The van der Waals surface area contributed by atoms with Gasteiger partial charge in [-0.2, -0.15) is 0 Å². The molecule has 0 bridgehead atoms. The van der Waals surface area contributed by atoms with Gasteiger partial charge in [0.25, 0.3) is 0 Å². The molecule has 2 N–H and O–H groups in total. The second-order valence-electron chi connectivity index (χ2n) is 7.27. The molecule has 0 spiro atoms. The lowest BCUT2D eigenvalue weighted by Crippen LogP contribution is -2.46. The first-order valence-corrected chi connectivity index (χ1v) is 9.43. The maximum atomic E-state index is 12.5. The van der Waals surface area contributed by atoms with Crippen molar-refractivity contribution >= 4 is 5.97 Å².